The van der Waals surface area contributed by atoms with Crippen molar-refractivity contribution in [1.82, 2.24) is 10.4 Å². The quantitative estimate of drug-likeness (QED) is 0.573. The van der Waals surface area contributed by atoms with Crippen LogP contribution in [0.25, 0.3) is 0 Å². The van der Waals surface area contributed by atoms with Crippen LogP contribution in [0, 0.1) is 0 Å². The van der Waals surface area contributed by atoms with Crippen LogP contribution in [0.3, 0.4) is 0 Å². The van der Waals surface area contributed by atoms with Gasteiger partial charge in [-0.1, -0.05) is 47.7 Å². The lowest BCUT2D eigenvalue weighted by atomic mass is 10.1. The van der Waals surface area contributed by atoms with Gasteiger partial charge >= 0.3 is 0 Å². The molecule has 0 fully saturated rings. The maximum Gasteiger partial charge on any atom is 0.102 e. The Balaban J connectivity index is 1.97. The highest BCUT2D eigenvalue weighted by Crippen LogP contribution is 2.09. The number of allylic oxidation sites excluding steroid dienone is 4. The van der Waals surface area contributed by atoms with E-state index < -0.39 is 0 Å². The average molecular weight is 231 g/mol. The zero-order valence-electron chi connectivity index (χ0n) is 9.82. The van der Waals surface area contributed by atoms with Gasteiger partial charge in [0.1, 0.15) is 5.71 Å². The third-order valence-corrected chi connectivity index (χ3v) is 2.86. The Kier molecular flexibility index (Phi) is 3.90. The van der Waals surface area contributed by atoms with Gasteiger partial charge in [-0.15, -0.1) is 0 Å². The monoisotopic (exact) mass is 231 g/mol. The van der Waals surface area contributed by atoms with Gasteiger partial charge in [0.2, 0.25) is 0 Å². The SMILES string of the molecule is CN(NC1C=CC=CC1)C1C=CC=C/C1=N\O. The summed E-state index contributed by atoms with van der Waals surface area (Å²) in [6, 6.07) is 0.258. The van der Waals surface area contributed by atoms with E-state index in [4.69, 9.17) is 5.21 Å². The molecule has 0 spiro atoms. The number of nitrogens with one attached hydrogen (secondary N) is 1. The van der Waals surface area contributed by atoms with E-state index >= 15 is 0 Å². The molecular weight excluding hydrogens is 214 g/mol. The summed E-state index contributed by atoms with van der Waals surface area (Å²) < 4.78 is 0. The predicted octanol–water partition coefficient (Wildman–Crippen LogP) is 1.63. The molecule has 17 heavy (non-hydrogen) atoms. The Labute approximate surface area is 101 Å². The van der Waals surface area contributed by atoms with E-state index in [0.29, 0.717) is 11.8 Å². The van der Waals surface area contributed by atoms with Crippen LogP contribution >= 0.6 is 0 Å². The summed E-state index contributed by atoms with van der Waals surface area (Å²) in [5.74, 6) is 0. The Morgan fingerprint density at radius 3 is 2.82 bits per heavy atom. The number of rotatable bonds is 3. The van der Waals surface area contributed by atoms with Crippen molar-refractivity contribution < 1.29 is 5.21 Å². The molecule has 2 N–H and O–H groups in total. The third-order valence-electron chi connectivity index (χ3n) is 2.86. The van der Waals surface area contributed by atoms with Crippen LogP contribution in [0.2, 0.25) is 0 Å². The first-order chi connectivity index (χ1) is 8.31. The van der Waals surface area contributed by atoms with Crippen molar-refractivity contribution >= 4 is 5.71 Å². The Hall–Kier alpha value is -1.65. The largest absolute Gasteiger partial charge is 0.411 e. The molecule has 0 radical (unpaired) electrons. The van der Waals surface area contributed by atoms with Crippen LogP contribution in [0.15, 0.2) is 53.8 Å². The van der Waals surface area contributed by atoms with Crippen molar-refractivity contribution in [2.75, 3.05) is 7.05 Å². The normalized spacial score (nSPS) is 29.4. The van der Waals surface area contributed by atoms with Gasteiger partial charge in [0.25, 0.3) is 0 Å². The number of hydrazine groups is 1. The van der Waals surface area contributed by atoms with Gasteiger partial charge in [-0.3, -0.25) is 0 Å². The van der Waals surface area contributed by atoms with Crippen LogP contribution < -0.4 is 5.43 Å². The first kappa shape index (κ1) is 11.8. The minimum atomic E-state index is -0.0377. The zero-order valence-corrected chi connectivity index (χ0v) is 9.82. The van der Waals surface area contributed by atoms with Crippen molar-refractivity contribution in [3.63, 3.8) is 0 Å². The lowest BCUT2D eigenvalue weighted by molar-refractivity contribution is 0.205. The van der Waals surface area contributed by atoms with E-state index in [-0.39, 0.29) is 6.04 Å². The predicted molar refractivity (Wildman–Crippen MR) is 68.9 cm³/mol. The third kappa shape index (κ3) is 2.93. The Morgan fingerprint density at radius 1 is 1.29 bits per heavy atom. The van der Waals surface area contributed by atoms with E-state index in [9.17, 15) is 0 Å². The number of oxime groups is 1. The molecule has 0 bridgehead atoms. The van der Waals surface area contributed by atoms with Crippen molar-refractivity contribution in [3.05, 3.63) is 48.6 Å². The van der Waals surface area contributed by atoms with E-state index in [2.05, 4.69) is 22.7 Å². The molecule has 0 heterocycles. The molecule has 90 valence electrons. The highest BCUT2D eigenvalue weighted by molar-refractivity contribution is 6.01. The van der Waals surface area contributed by atoms with E-state index in [0.717, 1.165) is 6.42 Å². The van der Waals surface area contributed by atoms with E-state index in [1.165, 1.54) is 0 Å². The van der Waals surface area contributed by atoms with Gasteiger partial charge in [-0.05, 0) is 12.5 Å². The fourth-order valence-electron chi connectivity index (χ4n) is 1.96. The number of likely N-dealkylation sites (N-methyl/N-ethyl adjacent to an activating group) is 1. The maximum absolute atomic E-state index is 8.94. The highest BCUT2D eigenvalue weighted by Gasteiger charge is 2.20. The molecule has 4 nitrogen and oxygen atoms in total. The minimum absolute atomic E-state index is 0.0377. The van der Waals surface area contributed by atoms with Crippen molar-refractivity contribution in [2.24, 2.45) is 5.16 Å². The van der Waals surface area contributed by atoms with Crippen LogP contribution in [0.5, 0.6) is 0 Å². The van der Waals surface area contributed by atoms with Crippen molar-refractivity contribution in [3.8, 4) is 0 Å². The Bertz CT molecular complexity index is 407. The van der Waals surface area contributed by atoms with Crippen LogP contribution in [0.4, 0.5) is 0 Å². The maximum atomic E-state index is 8.94. The summed E-state index contributed by atoms with van der Waals surface area (Å²) in [5, 5.41) is 14.2. The first-order valence-corrected chi connectivity index (χ1v) is 5.70. The number of nitrogens with zero attached hydrogens (tertiary/aromatic N) is 2. The van der Waals surface area contributed by atoms with E-state index in [1.807, 2.05) is 42.4 Å². The van der Waals surface area contributed by atoms with Gasteiger partial charge in [0, 0.05) is 13.1 Å². The van der Waals surface area contributed by atoms with E-state index in [1.54, 1.807) is 6.08 Å². The molecule has 2 atom stereocenters. The molecule has 4 heteroatoms. The standard InChI is InChI=1S/C13H17N3O/c1-16(14-11-7-3-2-4-8-11)13-10-6-5-9-12(13)15-17/h2-7,9-11,13-14,17H,8H2,1H3/b15-12+. The molecule has 2 aliphatic carbocycles. The molecule has 0 aromatic heterocycles. The summed E-state index contributed by atoms with van der Waals surface area (Å²) in [4.78, 5) is 0. The van der Waals surface area contributed by atoms with Gasteiger partial charge in [0.05, 0.1) is 6.04 Å². The van der Waals surface area contributed by atoms with Crippen molar-refractivity contribution in [1.29, 1.82) is 0 Å². The number of hydrogen-bond acceptors (Lipinski definition) is 4. The van der Waals surface area contributed by atoms with Gasteiger partial charge in [-0.2, -0.15) is 0 Å². The summed E-state index contributed by atoms with van der Waals surface area (Å²) in [6.07, 6.45) is 16.9. The van der Waals surface area contributed by atoms with Crippen LogP contribution in [-0.2, 0) is 0 Å². The molecule has 0 saturated carbocycles. The highest BCUT2D eigenvalue weighted by atomic mass is 16.4. The van der Waals surface area contributed by atoms with Crippen LogP contribution in [-0.4, -0.2) is 35.1 Å². The summed E-state index contributed by atoms with van der Waals surface area (Å²) in [6.45, 7) is 0. The van der Waals surface area contributed by atoms with Gasteiger partial charge < -0.3 is 5.21 Å². The van der Waals surface area contributed by atoms with Crippen molar-refractivity contribution in [2.45, 2.75) is 18.5 Å². The summed E-state index contributed by atoms with van der Waals surface area (Å²) in [5.41, 5.74) is 4.01. The first-order valence-electron chi connectivity index (χ1n) is 5.70. The molecule has 0 saturated heterocycles. The molecule has 2 aliphatic rings. The molecule has 2 rings (SSSR count). The molecule has 0 aromatic rings. The zero-order chi connectivity index (χ0) is 12.1. The topological polar surface area (TPSA) is 47.9 Å². The molecular formula is C13H17N3O. The van der Waals surface area contributed by atoms with Gasteiger partial charge in [0.15, 0.2) is 0 Å². The molecule has 0 amide bonds. The summed E-state index contributed by atoms with van der Waals surface area (Å²) >= 11 is 0. The molecule has 0 aliphatic heterocycles. The Morgan fingerprint density at radius 2 is 2.12 bits per heavy atom. The fraction of sp³-hybridized carbons (Fsp3) is 0.308. The summed E-state index contributed by atoms with van der Waals surface area (Å²) in [7, 11) is 1.95. The smallest absolute Gasteiger partial charge is 0.102 e. The number of hydrogen-bond donors (Lipinski definition) is 2. The van der Waals surface area contributed by atoms with Crippen LogP contribution in [0.1, 0.15) is 6.42 Å². The molecule has 2 unspecified atom stereocenters. The lowest BCUT2D eigenvalue weighted by Crippen LogP contribution is -2.49. The fourth-order valence-corrected chi connectivity index (χ4v) is 1.96. The second-order valence-corrected chi connectivity index (χ2v) is 4.11. The minimum Gasteiger partial charge on any atom is -0.411 e. The average Bonchev–Trinajstić information content (AvgIpc) is 2.40. The lowest BCUT2D eigenvalue weighted by Gasteiger charge is -2.30. The van der Waals surface area contributed by atoms with Gasteiger partial charge in [-0.25, -0.2) is 10.4 Å². The second kappa shape index (κ2) is 5.61. The second-order valence-electron chi connectivity index (χ2n) is 4.11. The molecule has 0 aromatic carbocycles.